The Morgan fingerprint density at radius 3 is 2.17 bits per heavy atom. The van der Waals surface area contributed by atoms with Crippen LogP contribution in [0.5, 0.6) is 11.5 Å². The van der Waals surface area contributed by atoms with Gasteiger partial charge in [-0.15, -0.1) is 0 Å². The molecular formula is C26H27NO2. The first kappa shape index (κ1) is 19.3. The van der Waals surface area contributed by atoms with Crippen LogP contribution in [-0.4, -0.2) is 23.9 Å². The van der Waals surface area contributed by atoms with E-state index in [-0.39, 0.29) is 11.8 Å². The SMILES string of the molecule is O=C(C(Cc1cccc(Oc2ccccc2)c1)c1ccccc1)N1CCCCC1. The summed E-state index contributed by atoms with van der Waals surface area (Å²) >= 11 is 0. The highest BCUT2D eigenvalue weighted by molar-refractivity contribution is 5.84. The second-order valence-corrected chi connectivity index (χ2v) is 7.62. The molecule has 0 bridgehead atoms. The first-order valence-corrected chi connectivity index (χ1v) is 10.5. The molecule has 0 radical (unpaired) electrons. The van der Waals surface area contributed by atoms with Crippen molar-refractivity contribution in [3.8, 4) is 11.5 Å². The van der Waals surface area contributed by atoms with Crippen molar-refractivity contribution in [2.24, 2.45) is 0 Å². The zero-order valence-electron chi connectivity index (χ0n) is 16.7. The van der Waals surface area contributed by atoms with Crippen molar-refractivity contribution in [2.75, 3.05) is 13.1 Å². The lowest BCUT2D eigenvalue weighted by Gasteiger charge is -2.31. The minimum atomic E-state index is -0.165. The van der Waals surface area contributed by atoms with Gasteiger partial charge in [-0.05, 0) is 61.1 Å². The van der Waals surface area contributed by atoms with E-state index in [0.29, 0.717) is 6.42 Å². The molecule has 1 heterocycles. The molecule has 3 aromatic carbocycles. The van der Waals surface area contributed by atoms with Crippen LogP contribution in [0, 0.1) is 0 Å². The molecule has 0 spiro atoms. The van der Waals surface area contributed by atoms with E-state index >= 15 is 0 Å². The lowest BCUT2D eigenvalue weighted by molar-refractivity contribution is -0.133. The third-order valence-electron chi connectivity index (χ3n) is 5.48. The molecule has 0 aromatic heterocycles. The highest BCUT2D eigenvalue weighted by atomic mass is 16.5. The molecule has 1 amide bonds. The molecule has 4 rings (SSSR count). The highest BCUT2D eigenvalue weighted by Crippen LogP contribution is 2.28. The predicted octanol–water partition coefficient (Wildman–Crippen LogP) is 5.82. The quantitative estimate of drug-likeness (QED) is 0.535. The average molecular weight is 386 g/mol. The van der Waals surface area contributed by atoms with Crippen LogP contribution in [0.25, 0.3) is 0 Å². The maximum absolute atomic E-state index is 13.4. The standard InChI is InChI=1S/C26H27NO2/c28-26(27-17-8-3-9-18-27)25(22-12-4-1-5-13-22)20-21-11-10-16-24(19-21)29-23-14-6-2-7-15-23/h1-2,4-7,10-16,19,25H,3,8-9,17-18,20H2. The number of rotatable bonds is 6. The fourth-order valence-corrected chi connectivity index (χ4v) is 3.96. The highest BCUT2D eigenvalue weighted by Gasteiger charge is 2.27. The van der Waals surface area contributed by atoms with Gasteiger partial charge in [-0.2, -0.15) is 0 Å². The van der Waals surface area contributed by atoms with Gasteiger partial charge < -0.3 is 9.64 Å². The third-order valence-corrected chi connectivity index (χ3v) is 5.48. The molecule has 0 N–H and O–H groups in total. The zero-order chi connectivity index (χ0) is 19.9. The molecule has 1 unspecified atom stereocenters. The first-order chi connectivity index (χ1) is 14.3. The van der Waals surface area contributed by atoms with E-state index in [2.05, 4.69) is 18.2 Å². The number of carbonyl (C=O) groups excluding carboxylic acids is 1. The van der Waals surface area contributed by atoms with E-state index in [1.54, 1.807) is 0 Å². The maximum Gasteiger partial charge on any atom is 0.230 e. The Bertz CT molecular complexity index is 918. The van der Waals surface area contributed by atoms with Crippen LogP contribution in [0.3, 0.4) is 0 Å². The van der Waals surface area contributed by atoms with Crippen LogP contribution in [0.15, 0.2) is 84.9 Å². The molecule has 1 aliphatic heterocycles. The van der Waals surface area contributed by atoms with Crippen LogP contribution >= 0.6 is 0 Å². The van der Waals surface area contributed by atoms with Crippen molar-refractivity contribution in [2.45, 2.75) is 31.6 Å². The summed E-state index contributed by atoms with van der Waals surface area (Å²) in [5.74, 6) is 1.69. The van der Waals surface area contributed by atoms with Crippen LogP contribution in [-0.2, 0) is 11.2 Å². The van der Waals surface area contributed by atoms with Crippen molar-refractivity contribution in [1.29, 1.82) is 0 Å². The van der Waals surface area contributed by atoms with Crippen LogP contribution in [0.4, 0.5) is 0 Å². The smallest absolute Gasteiger partial charge is 0.230 e. The first-order valence-electron chi connectivity index (χ1n) is 10.5. The number of piperidine rings is 1. The Morgan fingerprint density at radius 1 is 0.793 bits per heavy atom. The van der Waals surface area contributed by atoms with Crippen LogP contribution < -0.4 is 4.74 Å². The number of likely N-dealkylation sites (tertiary alicyclic amines) is 1. The topological polar surface area (TPSA) is 29.5 Å². The summed E-state index contributed by atoms with van der Waals surface area (Å²) in [5, 5.41) is 0. The number of nitrogens with zero attached hydrogens (tertiary/aromatic N) is 1. The van der Waals surface area contributed by atoms with E-state index in [9.17, 15) is 4.79 Å². The lowest BCUT2D eigenvalue weighted by atomic mass is 9.90. The largest absolute Gasteiger partial charge is 0.457 e. The molecule has 1 aliphatic rings. The summed E-state index contributed by atoms with van der Waals surface area (Å²) in [6.45, 7) is 1.75. The second kappa shape index (κ2) is 9.42. The predicted molar refractivity (Wildman–Crippen MR) is 116 cm³/mol. The number of amides is 1. The number of para-hydroxylation sites is 1. The minimum Gasteiger partial charge on any atom is -0.457 e. The maximum atomic E-state index is 13.4. The Hall–Kier alpha value is -3.07. The van der Waals surface area contributed by atoms with Gasteiger partial charge in [0.15, 0.2) is 0 Å². The molecule has 1 saturated heterocycles. The van der Waals surface area contributed by atoms with Gasteiger partial charge >= 0.3 is 0 Å². The number of hydrogen-bond donors (Lipinski definition) is 0. The second-order valence-electron chi connectivity index (χ2n) is 7.62. The normalized spacial score (nSPS) is 15.0. The molecule has 29 heavy (non-hydrogen) atoms. The van der Waals surface area contributed by atoms with E-state index in [1.807, 2.05) is 71.6 Å². The Kier molecular flexibility index (Phi) is 6.25. The Morgan fingerprint density at radius 2 is 1.45 bits per heavy atom. The van der Waals surface area contributed by atoms with Crippen molar-refractivity contribution in [3.05, 3.63) is 96.1 Å². The molecule has 1 atom stereocenters. The summed E-state index contributed by atoms with van der Waals surface area (Å²) in [6.07, 6.45) is 4.10. The van der Waals surface area contributed by atoms with Crippen molar-refractivity contribution in [3.63, 3.8) is 0 Å². The molecule has 3 aromatic rings. The molecule has 3 heteroatoms. The number of hydrogen-bond acceptors (Lipinski definition) is 2. The molecular weight excluding hydrogens is 358 g/mol. The van der Waals surface area contributed by atoms with Crippen molar-refractivity contribution >= 4 is 5.91 Å². The average Bonchev–Trinajstić information content (AvgIpc) is 2.79. The fraction of sp³-hybridized carbons (Fsp3) is 0.269. The molecule has 148 valence electrons. The van der Waals surface area contributed by atoms with E-state index in [0.717, 1.165) is 48.6 Å². The van der Waals surface area contributed by atoms with Gasteiger partial charge in [-0.3, -0.25) is 4.79 Å². The van der Waals surface area contributed by atoms with Gasteiger partial charge in [0.05, 0.1) is 5.92 Å². The summed E-state index contributed by atoms with van der Waals surface area (Å²) < 4.78 is 5.99. The van der Waals surface area contributed by atoms with Gasteiger partial charge in [0, 0.05) is 13.1 Å². The van der Waals surface area contributed by atoms with Gasteiger partial charge in [0.1, 0.15) is 11.5 Å². The summed E-state index contributed by atoms with van der Waals surface area (Å²) in [6, 6.07) is 28.0. The van der Waals surface area contributed by atoms with Gasteiger partial charge in [0.2, 0.25) is 5.91 Å². The minimum absolute atomic E-state index is 0.165. The molecule has 1 fully saturated rings. The van der Waals surface area contributed by atoms with Crippen LogP contribution in [0.2, 0.25) is 0 Å². The van der Waals surface area contributed by atoms with Crippen LogP contribution in [0.1, 0.15) is 36.3 Å². The zero-order valence-corrected chi connectivity index (χ0v) is 16.7. The molecule has 0 aliphatic carbocycles. The number of benzene rings is 3. The van der Waals surface area contributed by atoms with Gasteiger partial charge in [0.25, 0.3) is 0 Å². The Labute approximate surface area is 172 Å². The van der Waals surface area contributed by atoms with E-state index in [1.165, 1.54) is 6.42 Å². The molecule has 3 nitrogen and oxygen atoms in total. The summed E-state index contributed by atoms with van der Waals surface area (Å²) in [4.78, 5) is 15.4. The summed E-state index contributed by atoms with van der Waals surface area (Å²) in [5.41, 5.74) is 2.19. The lowest BCUT2D eigenvalue weighted by Crippen LogP contribution is -2.39. The Balaban J connectivity index is 1.56. The number of ether oxygens (including phenoxy) is 1. The van der Waals surface area contributed by atoms with Gasteiger partial charge in [-0.25, -0.2) is 0 Å². The van der Waals surface area contributed by atoms with E-state index < -0.39 is 0 Å². The van der Waals surface area contributed by atoms with Crippen molar-refractivity contribution in [1.82, 2.24) is 4.90 Å². The third kappa shape index (κ3) is 5.05. The molecule has 0 saturated carbocycles. The number of carbonyl (C=O) groups is 1. The van der Waals surface area contributed by atoms with Gasteiger partial charge in [-0.1, -0.05) is 60.7 Å². The monoisotopic (exact) mass is 385 g/mol. The fourth-order valence-electron chi connectivity index (χ4n) is 3.96. The van der Waals surface area contributed by atoms with E-state index in [4.69, 9.17) is 4.74 Å². The summed E-state index contributed by atoms with van der Waals surface area (Å²) in [7, 11) is 0. The van der Waals surface area contributed by atoms with Crippen molar-refractivity contribution < 1.29 is 9.53 Å².